The van der Waals surface area contributed by atoms with Gasteiger partial charge < -0.3 is 19.5 Å². The Hall–Kier alpha value is -2.12. The van der Waals surface area contributed by atoms with E-state index in [4.69, 9.17) is 4.74 Å². The van der Waals surface area contributed by atoms with Gasteiger partial charge in [0.25, 0.3) is 5.56 Å². The molecule has 3 rings (SSSR count). The van der Waals surface area contributed by atoms with Crippen LogP contribution in [0.2, 0.25) is 0 Å². The smallest absolute Gasteiger partial charge is 0.251 e. The van der Waals surface area contributed by atoms with E-state index in [0.717, 1.165) is 36.5 Å². The number of morpholine rings is 1. The van der Waals surface area contributed by atoms with Crippen molar-refractivity contribution in [3.63, 3.8) is 0 Å². The monoisotopic (exact) mass is 391 g/mol. The molecule has 1 amide bonds. The summed E-state index contributed by atoms with van der Waals surface area (Å²) in [5, 5.41) is 2.81. The van der Waals surface area contributed by atoms with Crippen LogP contribution in [0, 0.1) is 0 Å². The molecule has 1 aliphatic rings. The van der Waals surface area contributed by atoms with Crippen LogP contribution in [0.5, 0.6) is 0 Å². The second kappa shape index (κ2) is 7.63. The fourth-order valence-electron chi connectivity index (χ4n) is 2.56. The number of hydrogen-bond acceptors (Lipinski definition) is 4. The summed E-state index contributed by atoms with van der Waals surface area (Å²) >= 11 is 3.29. The van der Waals surface area contributed by atoms with Crippen LogP contribution < -0.4 is 15.8 Å². The van der Waals surface area contributed by atoms with E-state index in [1.807, 2.05) is 24.3 Å². The molecule has 0 radical (unpaired) electrons. The topological polar surface area (TPSA) is 63.6 Å². The number of rotatable bonds is 4. The lowest BCUT2D eigenvalue weighted by Crippen LogP contribution is -2.36. The van der Waals surface area contributed by atoms with Crippen molar-refractivity contribution < 1.29 is 9.53 Å². The van der Waals surface area contributed by atoms with Crippen molar-refractivity contribution in [1.82, 2.24) is 4.57 Å². The average molecular weight is 392 g/mol. The van der Waals surface area contributed by atoms with Crippen molar-refractivity contribution in [3.8, 4) is 0 Å². The highest BCUT2D eigenvalue weighted by Gasteiger charge is 2.11. The Morgan fingerprint density at radius 1 is 1.12 bits per heavy atom. The molecule has 0 unspecified atom stereocenters. The van der Waals surface area contributed by atoms with E-state index >= 15 is 0 Å². The van der Waals surface area contributed by atoms with Crippen LogP contribution in [0.25, 0.3) is 0 Å². The molecular weight excluding hydrogens is 374 g/mol. The molecule has 2 heterocycles. The molecule has 0 saturated carbocycles. The Kier molecular flexibility index (Phi) is 5.32. The van der Waals surface area contributed by atoms with Gasteiger partial charge in [-0.25, -0.2) is 0 Å². The third-order valence-corrected chi connectivity index (χ3v) is 4.26. The SMILES string of the molecule is O=C(Cn1cc(Br)ccc1=O)Nc1ccc(N2CCOCC2)cc1. The average Bonchev–Trinajstić information content (AvgIpc) is 2.59. The van der Waals surface area contributed by atoms with Crippen LogP contribution >= 0.6 is 15.9 Å². The number of benzene rings is 1. The maximum atomic E-state index is 12.1. The van der Waals surface area contributed by atoms with Gasteiger partial charge in [-0.05, 0) is 46.3 Å². The second-order valence-corrected chi connectivity index (χ2v) is 6.42. The van der Waals surface area contributed by atoms with Gasteiger partial charge in [0.05, 0.1) is 13.2 Å². The van der Waals surface area contributed by atoms with Gasteiger partial charge in [-0.1, -0.05) is 0 Å². The number of carbonyl (C=O) groups excluding carboxylic acids is 1. The number of aromatic nitrogens is 1. The quantitative estimate of drug-likeness (QED) is 0.866. The lowest BCUT2D eigenvalue weighted by molar-refractivity contribution is -0.116. The Morgan fingerprint density at radius 3 is 2.54 bits per heavy atom. The molecule has 1 N–H and O–H groups in total. The fraction of sp³-hybridized carbons (Fsp3) is 0.294. The van der Waals surface area contributed by atoms with E-state index in [0.29, 0.717) is 5.69 Å². The van der Waals surface area contributed by atoms with Crippen LogP contribution in [0.15, 0.2) is 51.9 Å². The van der Waals surface area contributed by atoms with Crippen molar-refractivity contribution >= 4 is 33.2 Å². The van der Waals surface area contributed by atoms with Gasteiger partial charge in [-0.15, -0.1) is 0 Å². The Morgan fingerprint density at radius 2 is 1.83 bits per heavy atom. The largest absolute Gasteiger partial charge is 0.378 e. The summed E-state index contributed by atoms with van der Waals surface area (Å²) in [6, 6.07) is 10.8. The van der Waals surface area contributed by atoms with E-state index in [1.165, 1.54) is 10.6 Å². The Balaban J connectivity index is 1.62. The van der Waals surface area contributed by atoms with Crippen molar-refractivity contribution in [3.05, 3.63) is 57.4 Å². The third kappa shape index (κ3) is 4.24. The van der Waals surface area contributed by atoms with Crippen LogP contribution in [0.4, 0.5) is 11.4 Å². The maximum Gasteiger partial charge on any atom is 0.251 e. The van der Waals surface area contributed by atoms with Crippen molar-refractivity contribution in [1.29, 1.82) is 0 Å². The van der Waals surface area contributed by atoms with Gasteiger partial charge in [-0.3, -0.25) is 9.59 Å². The van der Waals surface area contributed by atoms with E-state index in [9.17, 15) is 9.59 Å². The number of pyridine rings is 1. The summed E-state index contributed by atoms with van der Waals surface area (Å²) in [5.41, 5.74) is 1.61. The molecule has 0 spiro atoms. The highest BCUT2D eigenvalue weighted by atomic mass is 79.9. The van der Waals surface area contributed by atoms with E-state index in [-0.39, 0.29) is 18.0 Å². The molecule has 2 aromatic rings. The summed E-state index contributed by atoms with van der Waals surface area (Å²) in [5.74, 6) is -0.241. The number of halogens is 1. The highest BCUT2D eigenvalue weighted by Crippen LogP contribution is 2.19. The molecule has 126 valence electrons. The molecule has 1 saturated heterocycles. The number of anilines is 2. The zero-order chi connectivity index (χ0) is 16.9. The third-order valence-electron chi connectivity index (χ3n) is 3.79. The highest BCUT2D eigenvalue weighted by molar-refractivity contribution is 9.10. The minimum Gasteiger partial charge on any atom is -0.378 e. The number of amides is 1. The second-order valence-electron chi connectivity index (χ2n) is 5.51. The number of carbonyl (C=O) groups is 1. The van der Waals surface area contributed by atoms with Gasteiger partial charge in [0.2, 0.25) is 5.91 Å². The number of ether oxygens (including phenoxy) is 1. The number of nitrogens with one attached hydrogen (secondary N) is 1. The maximum absolute atomic E-state index is 12.1. The molecule has 1 aromatic carbocycles. The molecule has 1 aliphatic heterocycles. The van der Waals surface area contributed by atoms with Crippen molar-refractivity contribution in [2.75, 3.05) is 36.5 Å². The minimum atomic E-state index is -0.241. The summed E-state index contributed by atoms with van der Waals surface area (Å²) in [7, 11) is 0. The first-order valence-corrected chi connectivity index (χ1v) is 8.50. The molecular formula is C17H18BrN3O3. The number of nitrogens with zero attached hydrogens (tertiary/aromatic N) is 2. The first kappa shape index (κ1) is 16.7. The molecule has 0 aliphatic carbocycles. The van der Waals surface area contributed by atoms with E-state index in [1.54, 1.807) is 12.3 Å². The van der Waals surface area contributed by atoms with E-state index in [2.05, 4.69) is 26.1 Å². The van der Waals surface area contributed by atoms with Gasteiger partial charge in [0.15, 0.2) is 0 Å². The first-order chi connectivity index (χ1) is 11.6. The predicted molar refractivity (Wildman–Crippen MR) is 96.5 cm³/mol. The van der Waals surface area contributed by atoms with E-state index < -0.39 is 0 Å². The summed E-state index contributed by atoms with van der Waals surface area (Å²) in [6.45, 7) is 3.19. The van der Waals surface area contributed by atoms with Gasteiger partial charge >= 0.3 is 0 Å². The molecule has 7 heteroatoms. The lowest BCUT2D eigenvalue weighted by Gasteiger charge is -2.28. The molecule has 0 atom stereocenters. The summed E-state index contributed by atoms with van der Waals surface area (Å²) < 4.78 is 7.46. The summed E-state index contributed by atoms with van der Waals surface area (Å²) in [6.07, 6.45) is 1.60. The normalized spacial score (nSPS) is 14.5. The van der Waals surface area contributed by atoms with Crippen LogP contribution in [0.3, 0.4) is 0 Å². The minimum absolute atomic E-state index is 0.0243. The van der Waals surface area contributed by atoms with Gasteiger partial charge in [0, 0.05) is 41.2 Å². The lowest BCUT2D eigenvalue weighted by atomic mass is 10.2. The van der Waals surface area contributed by atoms with Crippen LogP contribution in [-0.2, 0) is 16.1 Å². The van der Waals surface area contributed by atoms with Crippen LogP contribution in [0.1, 0.15) is 0 Å². The zero-order valence-electron chi connectivity index (χ0n) is 13.1. The fourth-order valence-corrected chi connectivity index (χ4v) is 2.94. The van der Waals surface area contributed by atoms with Crippen LogP contribution in [-0.4, -0.2) is 36.8 Å². The summed E-state index contributed by atoms with van der Waals surface area (Å²) in [4.78, 5) is 26.1. The van der Waals surface area contributed by atoms with Crippen molar-refractivity contribution in [2.24, 2.45) is 0 Å². The molecule has 0 bridgehead atoms. The van der Waals surface area contributed by atoms with Gasteiger partial charge in [-0.2, -0.15) is 0 Å². The zero-order valence-corrected chi connectivity index (χ0v) is 14.7. The first-order valence-electron chi connectivity index (χ1n) is 7.70. The Bertz CT molecular complexity index is 767. The molecule has 1 fully saturated rings. The molecule has 1 aromatic heterocycles. The predicted octanol–water partition coefficient (Wildman–Crippen LogP) is 2.09. The number of hydrogen-bond donors (Lipinski definition) is 1. The standard InChI is InChI=1S/C17H18BrN3O3/c18-13-1-6-17(23)21(11-13)12-16(22)19-14-2-4-15(5-3-14)20-7-9-24-10-8-20/h1-6,11H,7-10,12H2,(H,19,22). The van der Waals surface area contributed by atoms with Gasteiger partial charge in [0.1, 0.15) is 6.54 Å². The van der Waals surface area contributed by atoms with Crippen molar-refractivity contribution in [2.45, 2.75) is 6.54 Å². The molecule has 24 heavy (non-hydrogen) atoms. The molecule has 6 nitrogen and oxygen atoms in total. The Labute approximate surface area is 148 Å².